The number of aliphatic hydroxyl groups excluding tert-OH is 1. The molecular formula is C11H22O3. The fourth-order valence-corrected chi connectivity index (χ4v) is 1.30. The Morgan fingerprint density at radius 2 is 1.93 bits per heavy atom. The summed E-state index contributed by atoms with van der Waals surface area (Å²) in [6, 6.07) is 0. The number of unbranched alkanes of at least 4 members (excludes halogenated alkanes) is 1. The molecule has 0 radical (unpaired) electrons. The standard InChI is InChI=1S/C11H22O3/c1-3-5-7-10(12)8-6-9-11(13)14-4-2/h10,12H,3-9H2,1-2H3/t10-/m1/s1. The van der Waals surface area contributed by atoms with Gasteiger partial charge in [-0.05, 0) is 26.2 Å². The van der Waals surface area contributed by atoms with E-state index in [1.807, 2.05) is 0 Å². The molecule has 0 saturated carbocycles. The number of hydrogen-bond donors (Lipinski definition) is 1. The molecule has 0 heterocycles. The molecule has 14 heavy (non-hydrogen) atoms. The van der Waals surface area contributed by atoms with Crippen LogP contribution in [0.2, 0.25) is 0 Å². The first-order valence-corrected chi connectivity index (χ1v) is 5.54. The molecule has 3 nitrogen and oxygen atoms in total. The Bertz CT molecular complexity index is 145. The zero-order valence-electron chi connectivity index (χ0n) is 9.29. The number of hydrogen-bond acceptors (Lipinski definition) is 3. The largest absolute Gasteiger partial charge is 0.466 e. The van der Waals surface area contributed by atoms with Gasteiger partial charge in [-0.2, -0.15) is 0 Å². The van der Waals surface area contributed by atoms with Gasteiger partial charge in [-0.25, -0.2) is 0 Å². The molecule has 0 rings (SSSR count). The second-order valence-electron chi connectivity index (χ2n) is 3.49. The Labute approximate surface area is 86.5 Å². The number of rotatable bonds is 8. The molecule has 0 bridgehead atoms. The summed E-state index contributed by atoms with van der Waals surface area (Å²) in [5.74, 6) is -0.157. The molecule has 0 saturated heterocycles. The maximum Gasteiger partial charge on any atom is 0.305 e. The van der Waals surface area contributed by atoms with Crippen molar-refractivity contribution in [1.82, 2.24) is 0 Å². The van der Waals surface area contributed by atoms with Gasteiger partial charge in [-0.1, -0.05) is 19.8 Å². The first-order valence-electron chi connectivity index (χ1n) is 5.54. The Kier molecular flexibility index (Phi) is 8.64. The summed E-state index contributed by atoms with van der Waals surface area (Å²) in [5, 5.41) is 9.47. The van der Waals surface area contributed by atoms with E-state index in [0.29, 0.717) is 19.4 Å². The Hall–Kier alpha value is -0.570. The third kappa shape index (κ3) is 8.05. The molecule has 0 aliphatic carbocycles. The van der Waals surface area contributed by atoms with E-state index in [-0.39, 0.29) is 12.1 Å². The van der Waals surface area contributed by atoms with Gasteiger partial charge in [0, 0.05) is 6.42 Å². The van der Waals surface area contributed by atoms with E-state index in [1.54, 1.807) is 6.92 Å². The van der Waals surface area contributed by atoms with Crippen molar-refractivity contribution in [1.29, 1.82) is 0 Å². The summed E-state index contributed by atoms with van der Waals surface area (Å²) in [7, 11) is 0. The van der Waals surface area contributed by atoms with Crippen LogP contribution in [0.3, 0.4) is 0 Å². The Morgan fingerprint density at radius 3 is 2.50 bits per heavy atom. The van der Waals surface area contributed by atoms with Crippen LogP contribution in [0.1, 0.15) is 52.4 Å². The zero-order valence-corrected chi connectivity index (χ0v) is 9.29. The minimum Gasteiger partial charge on any atom is -0.466 e. The van der Waals surface area contributed by atoms with Gasteiger partial charge in [-0.3, -0.25) is 4.79 Å². The van der Waals surface area contributed by atoms with Crippen molar-refractivity contribution in [3.63, 3.8) is 0 Å². The summed E-state index contributed by atoms with van der Waals surface area (Å²) in [4.78, 5) is 10.9. The van der Waals surface area contributed by atoms with Crippen LogP contribution >= 0.6 is 0 Å². The Morgan fingerprint density at radius 1 is 1.29 bits per heavy atom. The lowest BCUT2D eigenvalue weighted by Gasteiger charge is -2.08. The minimum atomic E-state index is -0.246. The SMILES string of the molecule is CCCC[C@@H](O)CCCC(=O)OCC. The molecule has 0 fully saturated rings. The third-order valence-corrected chi connectivity index (χ3v) is 2.11. The van der Waals surface area contributed by atoms with Crippen molar-refractivity contribution in [2.24, 2.45) is 0 Å². The average Bonchev–Trinajstić information content (AvgIpc) is 2.15. The molecule has 0 amide bonds. The third-order valence-electron chi connectivity index (χ3n) is 2.11. The van der Waals surface area contributed by atoms with Gasteiger partial charge in [0.25, 0.3) is 0 Å². The molecule has 0 aliphatic heterocycles. The van der Waals surface area contributed by atoms with Crippen molar-refractivity contribution in [2.45, 2.75) is 58.5 Å². The smallest absolute Gasteiger partial charge is 0.305 e. The van der Waals surface area contributed by atoms with Crippen molar-refractivity contribution in [3.8, 4) is 0 Å². The molecule has 3 heteroatoms. The minimum absolute atomic E-state index is 0.157. The van der Waals surface area contributed by atoms with E-state index >= 15 is 0 Å². The van der Waals surface area contributed by atoms with Gasteiger partial charge in [0.05, 0.1) is 12.7 Å². The first kappa shape index (κ1) is 13.4. The predicted molar refractivity (Wildman–Crippen MR) is 56.0 cm³/mol. The maximum absolute atomic E-state index is 10.9. The van der Waals surface area contributed by atoms with Gasteiger partial charge >= 0.3 is 5.97 Å². The zero-order chi connectivity index (χ0) is 10.8. The van der Waals surface area contributed by atoms with E-state index in [2.05, 4.69) is 6.92 Å². The molecule has 84 valence electrons. The van der Waals surface area contributed by atoms with Gasteiger partial charge in [0.15, 0.2) is 0 Å². The highest BCUT2D eigenvalue weighted by atomic mass is 16.5. The first-order chi connectivity index (χ1) is 6.70. The highest BCUT2D eigenvalue weighted by molar-refractivity contribution is 5.69. The fourth-order valence-electron chi connectivity index (χ4n) is 1.30. The second-order valence-corrected chi connectivity index (χ2v) is 3.49. The topological polar surface area (TPSA) is 46.5 Å². The molecule has 1 N–H and O–H groups in total. The lowest BCUT2D eigenvalue weighted by atomic mass is 10.1. The van der Waals surface area contributed by atoms with Crippen molar-refractivity contribution in [2.75, 3.05) is 6.61 Å². The highest BCUT2D eigenvalue weighted by Gasteiger charge is 2.06. The van der Waals surface area contributed by atoms with Gasteiger partial charge in [-0.15, -0.1) is 0 Å². The highest BCUT2D eigenvalue weighted by Crippen LogP contribution is 2.08. The van der Waals surface area contributed by atoms with Crippen molar-refractivity contribution in [3.05, 3.63) is 0 Å². The number of aliphatic hydroxyl groups is 1. The van der Waals surface area contributed by atoms with Crippen LogP contribution in [-0.4, -0.2) is 23.8 Å². The second kappa shape index (κ2) is 9.00. The predicted octanol–water partition coefficient (Wildman–Crippen LogP) is 2.27. The van der Waals surface area contributed by atoms with Crippen LogP contribution in [0.15, 0.2) is 0 Å². The number of ether oxygens (including phenoxy) is 1. The monoisotopic (exact) mass is 202 g/mol. The number of carbonyl (C=O) groups excluding carboxylic acids is 1. The lowest BCUT2D eigenvalue weighted by Crippen LogP contribution is -2.09. The summed E-state index contributed by atoms with van der Waals surface area (Å²) in [6.07, 6.45) is 4.62. The van der Waals surface area contributed by atoms with Crippen LogP contribution in [0, 0.1) is 0 Å². The molecule has 0 aliphatic rings. The van der Waals surface area contributed by atoms with Gasteiger partial charge in [0.1, 0.15) is 0 Å². The average molecular weight is 202 g/mol. The van der Waals surface area contributed by atoms with E-state index in [1.165, 1.54) is 0 Å². The van der Waals surface area contributed by atoms with Gasteiger partial charge in [0.2, 0.25) is 0 Å². The van der Waals surface area contributed by atoms with Crippen molar-refractivity contribution >= 4 is 5.97 Å². The molecule has 0 spiro atoms. The lowest BCUT2D eigenvalue weighted by molar-refractivity contribution is -0.143. The maximum atomic E-state index is 10.9. The molecular weight excluding hydrogens is 180 g/mol. The van der Waals surface area contributed by atoms with Crippen LogP contribution in [0.4, 0.5) is 0 Å². The summed E-state index contributed by atoms with van der Waals surface area (Å²) < 4.78 is 4.78. The molecule has 0 aromatic rings. The number of esters is 1. The van der Waals surface area contributed by atoms with E-state index in [4.69, 9.17) is 4.74 Å². The van der Waals surface area contributed by atoms with E-state index in [0.717, 1.165) is 25.7 Å². The normalized spacial score (nSPS) is 12.5. The van der Waals surface area contributed by atoms with Crippen LogP contribution in [-0.2, 0) is 9.53 Å². The summed E-state index contributed by atoms with van der Waals surface area (Å²) >= 11 is 0. The summed E-state index contributed by atoms with van der Waals surface area (Å²) in [6.45, 7) is 4.34. The van der Waals surface area contributed by atoms with Crippen LogP contribution < -0.4 is 0 Å². The quantitative estimate of drug-likeness (QED) is 0.614. The molecule has 1 atom stereocenters. The van der Waals surface area contributed by atoms with Crippen molar-refractivity contribution < 1.29 is 14.6 Å². The van der Waals surface area contributed by atoms with Gasteiger partial charge < -0.3 is 9.84 Å². The van der Waals surface area contributed by atoms with E-state index in [9.17, 15) is 9.90 Å². The van der Waals surface area contributed by atoms with Crippen LogP contribution in [0.5, 0.6) is 0 Å². The molecule has 0 aromatic carbocycles. The van der Waals surface area contributed by atoms with E-state index < -0.39 is 0 Å². The molecule has 0 aromatic heterocycles. The fraction of sp³-hybridized carbons (Fsp3) is 0.909. The molecule has 0 unspecified atom stereocenters. The number of carbonyl (C=O) groups is 1. The van der Waals surface area contributed by atoms with Crippen LogP contribution in [0.25, 0.3) is 0 Å². The Balaban J connectivity index is 3.29. The summed E-state index contributed by atoms with van der Waals surface area (Å²) in [5.41, 5.74) is 0.